The van der Waals surface area contributed by atoms with Gasteiger partial charge >= 0.3 is 0 Å². The Kier molecular flexibility index (Phi) is 5.31. The third-order valence-electron chi connectivity index (χ3n) is 4.13. The Balaban J connectivity index is 3.13. The van der Waals surface area contributed by atoms with Gasteiger partial charge in [-0.05, 0) is 33.9 Å². The number of nitrogens with two attached hydrogens (primary N) is 1. The zero-order valence-corrected chi connectivity index (χ0v) is 12.3. The fourth-order valence-corrected chi connectivity index (χ4v) is 2.81. The van der Waals surface area contributed by atoms with Crippen molar-refractivity contribution >= 4 is 0 Å². The van der Waals surface area contributed by atoms with Gasteiger partial charge in [0, 0.05) is 23.8 Å². The molecule has 0 amide bonds. The van der Waals surface area contributed by atoms with Crippen LogP contribution in [0.5, 0.6) is 0 Å². The summed E-state index contributed by atoms with van der Waals surface area (Å²) in [6.45, 7) is 7.38. The number of rotatable bonds is 7. The van der Waals surface area contributed by atoms with Crippen LogP contribution < -0.4 is 11.3 Å². The summed E-state index contributed by atoms with van der Waals surface area (Å²) in [4.78, 5) is 2.26. The zero-order chi connectivity index (χ0) is 13.8. The van der Waals surface area contributed by atoms with Gasteiger partial charge in [0.1, 0.15) is 0 Å². The average molecular weight is 253 g/mol. The van der Waals surface area contributed by atoms with Gasteiger partial charge in [-0.25, -0.2) is 0 Å². The third-order valence-corrected chi connectivity index (χ3v) is 4.13. The second-order valence-corrected chi connectivity index (χ2v) is 4.93. The maximum absolute atomic E-state index is 5.82. The molecule has 1 aromatic heterocycles. The van der Waals surface area contributed by atoms with Crippen molar-refractivity contribution in [2.75, 3.05) is 14.1 Å². The maximum Gasteiger partial charge on any atom is 0.0674 e. The second-order valence-electron chi connectivity index (χ2n) is 4.93. The summed E-state index contributed by atoms with van der Waals surface area (Å²) in [7, 11) is 4.23. The van der Waals surface area contributed by atoms with Gasteiger partial charge in [0.2, 0.25) is 0 Å². The van der Waals surface area contributed by atoms with Crippen LogP contribution in [0.25, 0.3) is 0 Å². The predicted octanol–water partition coefficient (Wildman–Crippen LogP) is 1.53. The smallest absolute Gasteiger partial charge is 0.0674 e. The van der Waals surface area contributed by atoms with Crippen molar-refractivity contribution in [3.63, 3.8) is 0 Å². The molecule has 1 atom stereocenters. The van der Waals surface area contributed by atoms with Crippen molar-refractivity contribution in [3.8, 4) is 0 Å². The predicted molar refractivity (Wildman–Crippen MR) is 75.0 cm³/mol. The molecule has 0 radical (unpaired) electrons. The van der Waals surface area contributed by atoms with Gasteiger partial charge in [-0.15, -0.1) is 0 Å². The molecule has 3 N–H and O–H groups in total. The van der Waals surface area contributed by atoms with Crippen LogP contribution in [0, 0.1) is 0 Å². The molecule has 5 nitrogen and oxygen atoms in total. The van der Waals surface area contributed by atoms with Crippen LogP contribution in [0.4, 0.5) is 0 Å². The monoisotopic (exact) mass is 253 g/mol. The number of aryl methyl sites for hydroxylation is 1. The van der Waals surface area contributed by atoms with Crippen LogP contribution in [-0.4, -0.2) is 34.3 Å². The Morgan fingerprint density at radius 3 is 2.33 bits per heavy atom. The Morgan fingerprint density at radius 2 is 2.00 bits per heavy atom. The number of aromatic nitrogens is 2. The molecular weight excluding hydrogens is 226 g/mol. The maximum atomic E-state index is 5.82. The first-order chi connectivity index (χ1) is 8.55. The summed E-state index contributed by atoms with van der Waals surface area (Å²) >= 11 is 0. The summed E-state index contributed by atoms with van der Waals surface area (Å²) in [6, 6.07) is 0.0859. The van der Waals surface area contributed by atoms with Crippen LogP contribution in [0.2, 0.25) is 0 Å². The van der Waals surface area contributed by atoms with Crippen LogP contribution in [0.1, 0.15) is 45.2 Å². The molecule has 18 heavy (non-hydrogen) atoms. The number of likely N-dealkylation sites (N-methyl/N-ethyl adjacent to an activating group) is 1. The molecule has 5 heteroatoms. The van der Waals surface area contributed by atoms with Crippen molar-refractivity contribution in [2.24, 2.45) is 5.84 Å². The molecule has 1 unspecified atom stereocenters. The molecule has 1 heterocycles. The first kappa shape index (κ1) is 15.1. The van der Waals surface area contributed by atoms with Crippen molar-refractivity contribution < 1.29 is 0 Å². The molecule has 0 saturated heterocycles. The molecule has 0 saturated carbocycles. The summed E-state index contributed by atoms with van der Waals surface area (Å²) in [5.41, 5.74) is 4.14. The van der Waals surface area contributed by atoms with Crippen molar-refractivity contribution in [3.05, 3.63) is 18.0 Å². The van der Waals surface area contributed by atoms with Crippen LogP contribution in [0.15, 0.2) is 12.4 Å². The molecule has 1 aromatic rings. The highest BCUT2D eigenvalue weighted by Crippen LogP contribution is 2.35. The fourth-order valence-electron chi connectivity index (χ4n) is 2.81. The highest BCUT2D eigenvalue weighted by atomic mass is 15.3. The molecule has 0 aliphatic carbocycles. The quantitative estimate of drug-likeness (QED) is 0.571. The van der Waals surface area contributed by atoms with E-state index in [1.165, 1.54) is 0 Å². The number of hydrogen-bond donors (Lipinski definition) is 2. The van der Waals surface area contributed by atoms with Crippen molar-refractivity contribution in [1.29, 1.82) is 0 Å². The van der Waals surface area contributed by atoms with Gasteiger partial charge in [-0.3, -0.25) is 16.0 Å². The highest BCUT2D eigenvalue weighted by molar-refractivity contribution is 5.17. The summed E-state index contributed by atoms with van der Waals surface area (Å²) < 4.78 is 1.94. The van der Waals surface area contributed by atoms with Crippen molar-refractivity contribution in [2.45, 2.75) is 51.7 Å². The Bertz CT molecular complexity index is 354. The van der Waals surface area contributed by atoms with Gasteiger partial charge < -0.3 is 4.90 Å². The van der Waals surface area contributed by atoms with Crippen LogP contribution in [-0.2, 0) is 6.54 Å². The van der Waals surface area contributed by atoms with E-state index >= 15 is 0 Å². The summed E-state index contributed by atoms with van der Waals surface area (Å²) in [6.07, 6.45) is 6.05. The van der Waals surface area contributed by atoms with Gasteiger partial charge in [0.25, 0.3) is 0 Å². The van der Waals surface area contributed by atoms with Crippen LogP contribution >= 0.6 is 0 Å². The lowest BCUT2D eigenvalue weighted by Crippen LogP contribution is -2.54. The third kappa shape index (κ3) is 2.58. The van der Waals surface area contributed by atoms with E-state index in [0.717, 1.165) is 24.9 Å². The van der Waals surface area contributed by atoms with E-state index in [-0.39, 0.29) is 11.6 Å². The first-order valence-corrected chi connectivity index (χ1v) is 6.71. The molecule has 0 aliphatic heterocycles. The Hall–Kier alpha value is -0.910. The second kappa shape index (κ2) is 6.31. The number of hydrogen-bond acceptors (Lipinski definition) is 4. The van der Waals surface area contributed by atoms with E-state index in [2.05, 4.69) is 56.5 Å². The minimum absolute atomic E-state index is 0.0103. The molecule has 104 valence electrons. The van der Waals surface area contributed by atoms with Gasteiger partial charge in [0.15, 0.2) is 0 Å². The molecule has 0 aliphatic rings. The largest absolute Gasteiger partial charge is 0.302 e. The number of nitrogens with zero attached hydrogens (tertiary/aromatic N) is 3. The molecule has 0 bridgehead atoms. The topological polar surface area (TPSA) is 59.1 Å². The Morgan fingerprint density at radius 1 is 1.39 bits per heavy atom. The van der Waals surface area contributed by atoms with E-state index in [0.29, 0.717) is 0 Å². The standard InChI is InChI=1S/C13H27N5/c1-6-13(7-2,17(4)5)12(16-14)11-9-15-18(8-3)10-11/h9-10,12,16H,6-8,14H2,1-5H3. The lowest BCUT2D eigenvalue weighted by atomic mass is 9.81. The normalized spacial score (nSPS) is 14.2. The molecule has 0 spiro atoms. The van der Waals surface area contributed by atoms with Gasteiger partial charge in [0.05, 0.1) is 12.2 Å². The van der Waals surface area contributed by atoms with E-state index < -0.39 is 0 Å². The minimum atomic E-state index is 0.0103. The fraction of sp³-hybridized carbons (Fsp3) is 0.769. The molecule has 1 rings (SSSR count). The molecular formula is C13H27N5. The summed E-state index contributed by atoms with van der Waals surface area (Å²) in [5.74, 6) is 5.82. The minimum Gasteiger partial charge on any atom is -0.302 e. The lowest BCUT2D eigenvalue weighted by molar-refractivity contribution is 0.0881. The van der Waals surface area contributed by atoms with E-state index in [1.807, 2.05) is 10.9 Å². The Labute approximate surface area is 110 Å². The van der Waals surface area contributed by atoms with Gasteiger partial charge in [-0.2, -0.15) is 5.10 Å². The lowest BCUT2D eigenvalue weighted by Gasteiger charge is -2.44. The average Bonchev–Trinajstić information content (AvgIpc) is 2.83. The van der Waals surface area contributed by atoms with Crippen molar-refractivity contribution in [1.82, 2.24) is 20.1 Å². The van der Waals surface area contributed by atoms with Crippen LogP contribution in [0.3, 0.4) is 0 Å². The van der Waals surface area contributed by atoms with E-state index in [4.69, 9.17) is 5.84 Å². The zero-order valence-electron chi connectivity index (χ0n) is 12.3. The number of hydrazine groups is 1. The molecule has 0 fully saturated rings. The first-order valence-electron chi connectivity index (χ1n) is 6.71. The van der Waals surface area contributed by atoms with E-state index in [1.54, 1.807) is 0 Å². The highest BCUT2D eigenvalue weighted by Gasteiger charge is 2.38. The SMILES string of the molecule is CCn1cc(C(NN)C(CC)(CC)N(C)C)cn1. The van der Waals surface area contributed by atoms with Gasteiger partial charge in [-0.1, -0.05) is 13.8 Å². The number of nitrogens with one attached hydrogen (secondary N) is 1. The van der Waals surface area contributed by atoms with E-state index in [9.17, 15) is 0 Å². The summed E-state index contributed by atoms with van der Waals surface area (Å²) in [5, 5.41) is 4.35. The molecule has 0 aromatic carbocycles.